The second kappa shape index (κ2) is 7.87. The molecule has 4 rings (SSSR count). The molecule has 2 atom stereocenters. The lowest BCUT2D eigenvalue weighted by Gasteiger charge is -2.30. The lowest BCUT2D eigenvalue weighted by Crippen LogP contribution is -2.35. The van der Waals surface area contributed by atoms with Gasteiger partial charge in [-0.3, -0.25) is 4.79 Å². The second-order valence-corrected chi connectivity index (χ2v) is 8.88. The highest BCUT2D eigenvalue weighted by Gasteiger charge is 2.48. The van der Waals surface area contributed by atoms with Gasteiger partial charge in [-0.2, -0.15) is 5.21 Å². The first-order chi connectivity index (χ1) is 15.2. The molecule has 0 radical (unpaired) electrons. The van der Waals surface area contributed by atoms with Gasteiger partial charge in [0.1, 0.15) is 0 Å². The number of benzene rings is 2. The van der Waals surface area contributed by atoms with Crippen molar-refractivity contribution in [3.05, 3.63) is 71.1 Å². The van der Waals surface area contributed by atoms with Crippen LogP contribution in [0.25, 0.3) is 16.8 Å². The zero-order valence-electron chi connectivity index (χ0n) is 19.2. The zero-order chi connectivity index (χ0) is 23.2. The monoisotopic (exact) mass is 431 g/mol. The standard InChI is InChI=1S/C24H29N7O/c1-14(25)13-24(23-26-28-29-27-23)20-9-7-16(15(2)30(3)4)11-18(20)19-12-17(8-10-21(19)24)22(32)31(5)6/h7-12,14H,2,13,25H2,1,3-6H3,(H,26,27,28,29)/t14-,24?/m1/s1. The summed E-state index contributed by atoms with van der Waals surface area (Å²) in [5.74, 6) is 0.521. The van der Waals surface area contributed by atoms with Crippen LogP contribution in [0.3, 0.4) is 0 Å². The highest BCUT2D eigenvalue weighted by molar-refractivity contribution is 5.97. The van der Waals surface area contributed by atoms with E-state index in [4.69, 9.17) is 5.73 Å². The number of aromatic amines is 1. The van der Waals surface area contributed by atoms with Crippen LogP contribution in [0.2, 0.25) is 0 Å². The van der Waals surface area contributed by atoms with E-state index in [0.29, 0.717) is 17.8 Å². The molecule has 0 bridgehead atoms. The van der Waals surface area contributed by atoms with Crippen molar-refractivity contribution in [2.24, 2.45) is 5.73 Å². The third-order valence-corrected chi connectivity index (χ3v) is 6.13. The normalized spacial score (nSPS) is 17.4. The average molecular weight is 432 g/mol. The molecule has 1 unspecified atom stereocenters. The van der Waals surface area contributed by atoms with Gasteiger partial charge in [-0.25, -0.2) is 0 Å². The molecule has 8 heteroatoms. The van der Waals surface area contributed by atoms with Gasteiger partial charge in [0.25, 0.3) is 5.91 Å². The summed E-state index contributed by atoms with van der Waals surface area (Å²) in [5.41, 5.74) is 12.3. The minimum absolute atomic E-state index is 0.0486. The van der Waals surface area contributed by atoms with Gasteiger partial charge in [0.05, 0.1) is 5.41 Å². The Morgan fingerprint density at radius 3 is 2.16 bits per heavy atom. The lowest BCUT2D eigenvalue weighted by molar-refractivity contribution is 0.0827. The molecule has 0 fully saturated rings. The van der Waals surface area contributed by atoms with Crippen molar-refractivity contribution in [1.29, 1.82) is 0 Å². The summed E-state index contributed by atoms with van der Waals surface area (Å²) in [6, 6.07) is 12.0. The van der Waals surface area contributed by atoms with Gasteiger partial charge in [-0.1, -0.05) is 30.0 Å². The number of aromatic nitrogens is 4. The number of carbonyl (C=O) groups is 1. The summed E-state index contributed by atoms with van der Waals surface area (Å²) in [5, 5.41) is 15.2. The number of nitrogens with zero attached hydrogens (tertiary/aromatic N) is 5. The quantitative estimate of drug-likeness (QED) is 0.621. The van der Waals surface area contributed by atoms with E-state index in [1.54, 1.807) is 19.0 Å². The third-order valence-electron chi connectivity index (χ3n) is 6.13. The molecule has 166 valence electrons. The van der Waals surface area contributed by atoms with Gasteiger partial charge in [-0.05, 0) is 59.4 Å². The first-order valence-electron chi connectivity index (χ1n) is 10.5. The molecule has 1 heterocycles. The topological polar surface area (TPSA) is 104 Å². The number of H-pyrrole nitrogens is 1. The van der Waals surface area contributed by atoms with E-state index in [-0.39, 0.29) is 11.9 Å². The van der Waals surface area contributed by atoms with E-state index in [9.17, 15) is 4.79 Å². The number of amides is 1. The highest BCUT2D eigenvalue weighted by Crippen LogP contribution is 2.54. The Morgan fingerprint density at radius 1 is 1.06 bits per heavy atom. The number of carbonyl (C=O) groups excluding carboxylic acids is 1. The molecule has 1 aliphatic rings. The Bertz CT molecular complexity index is 1110. The maximum atomic E-state index is 12.7. The summed E-state index contributed by atoms with van der Waals surface area (Å²) >= 11 is 0. The van der Waals surface area contributed by atoms with Crippen molar-refractivity contribution in [3.63, 3.8) is 0 Å². The van der Waals surface area contributed by atoms with Gasteiger partial charge in [0, 0.05) is 45.5 Å². The fraction of sp³-hybridized carbons (Fsp3) is 0.333. The highest BCUT2D eigenvalue weighted by atomic mass is 16.2. The third kappa shape index (κ3) is 3.27. The predicted octanol–water partition coefficient (Wildman–Crippen LogP) is 2.49. The number of fused-ring (bicyclic) bond motifs is 3. The molecule has 1 aliphatic carbocycles. The molecule has 0 saturated heterocycles. The van der Waals surface area contributed by atoms with Crippen molar-refractivity contribution in [3.8, 4) is 11.1 Å². The molecular formula is C24H29N7O. The molecule has 0 saturated carbocycles. The molecule has 1 aromatic heterocycles. The second-order valence-electron chi connectivity index (χ2n) is 8.88. The fourth-order valence-corrected chi connectivity index (χ4v) is 4.63. The van der Waals surface area contributed by atoms with Crippen molar-refractivity contribution < 1.29 is 4.79 Å². The van der Waals surface area contributed by atoms with Crippen molar-refractivity contribution in [2.45, 2.75) is 24.8 Å². The smallest absolute Gasteiger partial charge is 0.253 e. The lowest BCUT2D eigenvalue weighted by atomic mass is 9.72. The molecule has 3 aromatic rings. The van der Waals surface area contributed by atoms with Crippen LogP contribution >= 0.6 is 0 Å². The zero-order valence-corrected chi connectivity index (χ0v) is 19.2. The summed E-state index contributed by atoms with van der Waals surface area (Å²) in [4.78, 5) is 16.3. The van der Waals surface area contributed by atoms with E-state index in [0.717, 1.165) is 33.5 Å². The number of nitrogens with two attached hydrogens (primary N) is 1. The first kappa shape index (κ1) is 21.7. The minimum atomic E-state index is -0.663. The summed E-state index contributed by atoms with van der Waals surface area (Å²) in [6.45, 7) is 6.19. The van der Waals surface area contributed by atoms with Crippen LogP contribution in [-0.4, -0.2) is 70.6 Å². The minimum Gasteiger partial charge on any atom is -0.378 e. The van der Waals surface area contributed by atoms with Crippen LogP contribution in [0.4, 0.5) is 0 Å². The van der Waals surface area contributed by atoms with Gasteiger partial charge < -0.3 is 15.5 Å². The van der Waals surface area contributed by atoms with E-state index < -0.39 is 5.41 Å². The van der Waals surface area contributed by atoms with Crippen molar-refractivity contribution in [1.82, 2.24) is 30.4 Å². The van der Waals surface area contributed by atoms with Gasteiger partial charge in [-0.15, -0.1) is 10.2 Å². The molecule has 2 aromatic carbocycles. The Morgan fingerprint density at radius 2 is 1.66 bits per heavy atom. The van der Waals surface area contributed by atoms with E-state index in [1.165, 1.54) is 0 Å². The number of rotatable bonds is 6. The molecule has 3 N–H and O–H groups in total. The molecule has 0 aliphatic heterocycles. The molecule has 8 nitrogen and oxygen atoms in total. The van der Waals surface area contributed by atoms with Crippen LogP contribution in [0.15, 0.2) is 43.0 Å². The van der Waals surface area contributed by atoms with Gasteiger partial charge in [0.2, 0.25) is 0 Å². The Hall–Kier alpha value is -3.52. The van der Waals surface area contributed by atoms with Crippen LogP contribution in [-0.2, 0) is 5.41 Å². The van der Waals surface area contributed by atoms with Crippen LogP contribution in [0.5, 0.6) is 0 Å². The maximum Gasteiger partial charge on any atom is 0.253 e. The fourth-order valence-electron chi connectivity index (χ4n) is 4.63. The number of nitrogens with one attached hydrogen (secondary N) is 1. The molecule has 0 spiro atoms. The SMILES string of the molecule is C=C(c1ccc2c(c1)-c1cc(C(=O)N(C)C)ccc1C2(C[C@@H](C)N)c1nn[nH]n1)N(C)C. The van der Waals surface area contributed by atoms with Crippen LogP contribution in [0, 0.1) is 0 Å². The maximum absolute atomic E-state index is 12.7. The number of hydrogen-bond acceptors (Lipinski definition) is 6. The summed E-state index contributed by atoms with van der Waals surface area (Å²) in [6.07, 6.45) is 0.599. The number of tetrazole rings is 1. The van der Waals surface area contributed by atoms with Crippen molar-refractivity contribution in [2.75, 3.05) is 28.2 Å². The Balaban J connectivity index is 2.04. The van der Waals surface area contributed by atoms with E-state index in [2.05, 4.69) is 45.4 Å². The van der Waals surface area contributed by atoms with Gasteiger partial charge in [0.15, 0.2) is 5.82 Å². The van der Waals surface area contributed by atoms with E-state index in [1.807, 2.05) is 44.1 Å². The molecular weight excluding hydrogens is 402 g/mol. The average Bonchev–Trinajstić information content (AvgIpc) is 3.38. The number of hydrogen-bond donors (Lipinski definition) is 2. The first-order valence-corrected chi connectivity index (χ1v) is 10.5. The Labute approximate surface area is 188 Å². The van der Waals surface area contributed by atoms with Crippen LogP contribution < -0.4 is 5.73 Å². The van der Waals surface area contributed by atoms with Crippen molar-refractivity contribution >= 4 is 11.6 Å². The largest absolute Gasteiger partial charge is 0.378 e. The van der Waals surface area contributed by atoms with Crippen LogP contribution in [0.1, 0.15) is 46.2 Å². The molecule has 1 amide bonds. The van der Waals surface area contributed by atoms with Gasteiger partial charge >= 0.3 is 0 Å². The Kier molecular flexibility index (Phi) is 5.34. The summed E-state index contributed by atoms with van der Waals surface area (Å²) < 4.78 is 0. The summed E-state index contributed by atoms with van der Waals surface area (Å²) in [7, 11) is 7.44. The predicted molar refractivity (Wildman–Crippen MR) is 125 cm³/mol. The van der Waals surface area contributed by atoms with E-state index >= 15 is 0 Å². The molecule has 32 heavy (non-hydrogen) atoms.